The van der Waals surface area contributed by atoms with Gasteiger partial charge in [-0.1, -0.05) is 46.0 Å². The van der Waals surface area contributed by atoms with Gasteiger partial charge in [0.15, 0.2) is 0 Å². The molecule has 0 bridgehead atoms. The Labute approximate surface area is 89.2 Å². The Morgan fingerprint density at radius 2 is 1.57 bits per heavy atom. The van der Waals surface area contributed by atoms with Crippen molar-refractivity contribution in [2.75, 3.05) is 13.2 Å². The van der Waals surface area contributed by atoms with Gasteiger partial charge in [0.1, 0.15) is 0 Å². The predicted octanol–water partition coefficient (Wildman–Crippen LogP) is 4.02. The van der Waals surface area contributed by atoms with Crippen LogP contribution < -0.4 is 0 Å². The molecule has 1 saturated heterocycles. The number of hydrogen-bond acceptors (Lipinski definition) is 1. The first-order valence-corrected chi connectivity index (χ1v) is 6.40. The highest BCUT2D eigenvalue weighted by atomic mass is 16.5. The Kier molecular flexibility index (Phi) is 6.25. The van der Waals surface area contributed by atoms with Gasteiger partial charge in [0.05, 0.1) is 0 Å². The van der Waals surface area contributed by atoms with Crippen LogP contribution in [0.1, 0.15) is 58.8 Å². The summed E-state index contributed by atoms with van der Waals surface area (Å²) in [5.41, 5.74) is 0. The summed E-state index contributed by atoms with van der Waals surface area (Å²) >= 11 is 0. The molecule has 1 nitrogen and oxygen atoms in total. The van der Waals surface area contributed by atoms with Crippen molar-refractivity contribution in [1.82, 2.24) is 0 Å². The lowest BCUT2D eigenvalue weighted by Gasteiger charge is -2.24. The number of hydrogen-bond donors (Lipinski definition) is 0. The Hall–Kier alpha value is -0.0400. The average molecular weight is 198 g/mol. The lowest BCUT2D eigenvalue weighted by atomic mass is 9.82. The van der Waals surface area contributed by atoms with E-state index < -0.39 is 0 Å². The molecule has 0 aromatic heterocycles. The van der Waals surface area contributed by atoms with Gasteiger partial charge in [0, 0.05) is 13.2 Å². The van der Waals surface area contributed by atoms with Crippen LogP contribution in [0.5, 0.6) is 0 Å². The summed E-state index contributed by atoms with van der Waals surface area (Å²) in [4.78, 5) is 0. The fourth-order valence-corrected chi connectivity index (χ4v) is 2.25. The highest BCUT2D eigenvalue weighted by molar-refractivity contribution is 4.68. The summed E-state index contributed by atoms with van der Waals surface area (Å²) in [6.45, 7) is 6.70. The van der Waals surface area contributed by atoms with E-state index in [1.165, 1.54) is 44.9 Å². The van der Waals surface area contributed by atoms with Crippen molar-refractivity contribution in [2.45, 2.75) is 58.8 Å². The minimum Gasteiger partial charge on any atom is -0.381 e. The topological polar surface area (TPSA) is 9.23 Å². The van der Waals surface area contributed by atoms with Crippen molar-refractivity contribution in [1.29, 1.82) is 0 Å². The summed E-state index contributed by atoms with van der Waals surface area (Å²) in [7, 11) is 0. The predicted molar refractivity (Wildman–Crippen MR) is 61.5 cm³/mol. The highest BCUT2D eigenvalue weighted by Crippen LogP contribution is 2.29. The van der Waals surface area contributed by atoms with E-state index in [4.69, 9.17) is 4.74 Å². The second-order valence-corrected chi connectivity index (χ2v) is 4.85. The minimum atomic E-state index is 1.00. The van der Waals surface area contributed by atoms with Crippen LogP contribution in [-0.4, -0.2) is 13.2 Å². The zero-order valence-corrected chi connectivity index (χ0v) is 9.93. The smallest absolute Gasteiger partial charge is 0.0466 e. The Morgan fingerprint density at radius 1 is 1.00 bits per heavy atom. The quantitative estimate of drug-likeness (QED) is 0.618. The van der Waals surface area contributed by atoms with Gasteiger partial charge in [0.25, 0.3) is 0 Å². The van der Waals surface area contributed by atoms with E-state index in [1.807, 2.05) is 0 Å². The van der Waals surface area contributed by atoms with E-state index in [1.54, 1.807) is 0 Å². The monoisotopic (exact) mass is 198 g/mol. The molecule has 0 aromatic carbocycles. The Morgan fingerprint density at radius 3 is 1.93 bits per heavy atom. The maximum Gasteiger partial charge on any atom is 0.0466 e. The van der Waals surface area contributed by atoms with E-state index in [0.717, 1.165) is 25.0 Å². The molecule has 2 aliphatic rings. The maximum absolute atomic E-state index is 4.94. The third-order valence-corrected chi connectivity index (χ3v) is 3.54. The molecule has 2 fully saturated rings. The van der Waals surface area contributed by atoms with Crippen LogP contribution in [0.25, 0.3) is 0 Å². The van der Waals surface area contributed by atoms with Gasteiger partial charge in [0.2, 0.25) is 0 Å². The fraction of sp³-hybridized carbons (Fsp3) is 1.00. The highest BCUT2D eigenvalue weighted by Gasteiger charge is 2.15. The Bertz CT molecular complexity index is 114. The van der Waals surface area contributed by atoms with Crippen LogP contribution in [0.15, 0.2) is 0 Å². The zero-order valence-electron chi connectivity index (χ0n) is 9.93. The van der Waals surface area contributed by atoms with E-state index in [9.17, 15) is 0 Å². The van der Waals surface area contributed by atoms with E-state index in [2.05, 4.69) is 13.8 Å². The van der Waals surface area contributed by atoms with Crippen molar-refractivity contribution < 1.29 is 4.74 Å². The van der Waals surface area contributed by atoms with E-state index in [-0.39, 0.29) is 0 Å². The number of ether oxygens (including phenoxy) is 1. The molecule has 0 N–H and O–H groups in total. The van der Waals surface area contributed by atoms with Crippen LogP contribution in [0, 0.1) is 11.8 Å². The summed E-state index contributed by atoms with van der Waals surface area (Å²) in [6, 6.07) is 0. The molecule has 1 heterocycles. The fourth-order valence-electron chi connectivity index (χ4n) is 2.25. The van der Waals surface area contributed by atoms with Crippen molar-refractivity contribution in [3.63, 3.8) is 0 Å². The van der Waals surface area contributed by atoms with Crippen LogP contribution in [0.2, 0.25) is 0 Å². The zero-order chi connectivity index (χ0) is 10.2. The second-order valence-electron chi connectivity index (χ2n) is 4.85. The van der Waals surface area contributed by atoms with Gasteiger partial charge < -0.3 is 4.74 Å². The SMILES string of the molecule is C1CCOC1.CCC1CCC(C)CC1. The third kappa shape index (κ3) is 4.99. The van der Waals surface area contributed by atoms with Crippen LogP contribution >= 0.6 is 0 Å². The van der Waals surface area contributed by atoms with Gasteiger partial charge in [-0.25, -0.2) is 0 Å². The number of rotatable bonds is 1. The van der Waals surface area contributed by atoms with Crippen LogP contribution in [-0.2, 0) is 4.74 Å². The molecule has 0 radical (unpaired) electrons. The summed E-state index contributed by atoms with van der Waals surface area (Å²) in [5, 5.41) is 0. The largest absolute Gasteiger partial charge is 0.381 e. The van der Waals surface area contributed by atoms with Crippen molar-refractivity contribution in [3.05, 3.63) is 0 Å². The molecule has 0 unspecified atom stereocenters. The third-order valence-electron chi connectivity index (χ3n) is 3.54. The van der Waals surface area contributed by atoms with E-state index in [0.29, 0.717) is 0 Å². The molecule has 0 aromatic rings. The first-order chi connectivity index (χ1) is 6.83. The van der Waals surface area contributed by atoms with Crippen molar-refractivity contribution in [3.8, 4) is 0 Å². The molecular formula is C13H26O. The molecular weight excluding hydrogens is 172 g/mol. The standard InChI is InChI=1S/C9H18.C4H8O/c1-3-9-6-4-8(2)5-7-9;1-2-4-5-3-1/h8-9H,3-7H2,1-2H3;1-4H2. The van der Waals surface area contributed by atoms with Crippen LogP contribution in [0.3, 0.4) is 0 Å². The first-order valence-electron chi connectivity index (χ1n) is 6.40. The summed E-state index contributed by atoms with van der Waals surface area (Å²) < 4.78 is 4.94. The molecule has 1 aliphatic carbocycles. The molecule has 1 saturated carbocycles. The van der Waals surface area contributed by atoms with E-state index >= 15 is 0 Å². The minimum absolute atomic E-state index is 1.00. The molecule has 0 spiro atoms. The van der Waals surface area contributed by atoms with Gasteiger partial charge in [-0.3, -0.25) is 0 Å². The van der Waals surface area contributed by atoms with Crippen molar-refractivity contribution in [2.24, 2.45) is 11.8 Å². The second kappa shape index (κ2) is 7.28. The van der Waals surface area contributed by atoms with Gasteiger partial charge in [-0.15, -0.1) is 0 Å². The van der Waals surface area contributed by atoms with Gasteiger partial charge in [-0.2, -0.15) is 0 Å². The molecule has 14 heavy (non-hydrogen) atoms. The maximum atomic E-state index is 4.94. The lowest BCUT2D eigenvalue weighted by molar-refractivity contribution is 0.198. The normalized spacial score (nSPS) is 32.1. The first kappa shape index (κ1) is 12.0. The summed E-state index contributed by atoms with van der Waals surface area (Å²) in [5.74, 6) is 2.09. The van der Waals surface area contributed by atoms with Crippen molar-refractivity contribution >= 4 is 0 Å². The van der Waals surface area contributed by atoms with Gasteiger partial charge in [-0.05, 0) is 24.7 Å². The molecule has 84 valence electrons. The summed E-state index contributed by atoms with van der Waals surface area (Å²) in [6.07, 6.45) is 9.93. The van der Waals surface area contributed by atoms with Gasteiger partial charge >= 0.3 is 0 Å². The van der Waals surface area contributed by atoms with Crippen LogP contribution in [0.4, 0.5) is 0 Å². The molecule has 1 aliphatic heterocycles. The Balaban J connectivity index is 0.000000165. The molecule has 1 heteroatoms. The molecule has 2 rings (SSSR count). The lowest BCUT2D eigenvalue weighted by Crippen LogP contribution is -2.10. The molecule has 0 amide bonds. The average Bonchev–Trinajstić information content (AvgIpc) is 2.77. The molecule has 0 atom stereocenters.